The maximum absolute atomic E-state index is 12.4. The fourth-order valence-electron chi connectivity index (χ4n) is 2.53. The van der Waals surface area contributed by atoms with E-state index in [4.69, 9.17) is 10.5 Å². The number of nitrogens with one attached hydrogen (secondary N) is 2. The Balaban J connectivity index is 1.55. The number of amides is 2. The molecule has 0 aliphatic heterocycles. The predicted molar refractivity (Wildman–Crippen MR) is 110 cm³/mol. The number of benzene rings is 3. The van der Waals surface area contributed by atoms with Crippen LogP contribution in [0.25, 0.3) is 0 Å². The first-order chi connectivity index (χ1) is 13.5. The first-order valence-corrected chi connectivity index (χ1v) is 8.81. The molecule has 6 nitrogen and oxygen atoms in total. The van der Waals surface area contributed by atoms with Crippen LogP contribution in [0.15, 0.2) is 78.9 Å². The SMILES string of the molecule is CC(Nc1ccc(C(N)=O)cc1)C(=O)Nc1ccc(Oc2ccccc2)cc1. The van der Waals surface area contributed by atoms with E-state index in [1.165, 1.54) is 0 Å². The van der Waals surface area contributed by atoms with Gasteiger partial charge in [0.2, 0.25) is 11.8 Å². The highest BCUT2D eigenvalue weighted by molar-refractivity contribution is 5.96. The van der Waals surface area contributed by atoms with Crippen molar-refractivity contribution in [3.8, 4) is 11.5 Å². The Labute approximate surface area is 163 Å². The fraction of sp³-hybridized carbons (Fsp3) is 0.0909. The van der Waals surface area contributed by atoms with Gasteiger partial charge in [-0.15, -0.1) is 0 Å². The van der Waals surface area contributed by atoms with Crippen molar-refractivity contribution in [1.82, 2.24) is 0 Å². The molecule has 2 amide bonds. The zero-order valence-electron chi connectivity index (χ0n) is 15.4. The van der Waals surface area contributed by atoms with Gasteiger partial charge in [0.25, 0.3) is 0 Å². The molecular weight excluding hydrogens is 354 g/mol. The number of ether oxygens (including phenoxy) is 1. The fourth-order valence-corrected chi connectivity index (χ4v) is 2.53. The summed E-state index contributed by atoms with van der Waals surface area (Å²) in [6.07, 6.45) is 0. The molecule has 4 N–H and O–H groups in total. The highest BCUT2D eigenvalue weighted by atomic mass is 16.5. The zero-order valence-corrected chi connectivity index (χ0v) is 15.4. The largest absolute Gasteiger partial charge is 0.457 e. The van der Waals surface area contributed by atoms with Gasteiger partial charge in [0.1, 0.15) is 17.5 Å². The Morgan fingerprint density at radius 2 is 1.39 bits per heavy atom. The van der Waals surface area contributed by atoms with Gasteiger partial charge in [-0.3, -0.25) is 9.59 Å². The van der Waals surface area contributed by atoms with Gasteiger partial charge >= 0.3 is 0 Å². The lowest BCUT2D eigenvalue weighted by Crippen LogP contribution is -2.31. The van der Waals surface area contributed by atoms with Gasteiger partial charge in [0.15, 0.2) is 0 Å². The van der Waals surface area contributed by atoms with Crippen LogP contribution in [-0.2, 0) is 4.79 Å². The van der Waals surface area contributed by atoms with E-state index in [9.17, 15) is 9.59 Å². The molecule has 1 atom stereocenters. The molecule has 0 fully saturated rings. The standard InChI is InChI=1S/C22H21N3O3/c1-15(24-17-9-7-16(8-10-17)21(23)26)22(27)25-18-11-13-20(14-12-18)28-19-5-3-2-4-6-19/h2-15,24H,1H3,(H2,23,26)(H,25,27). The van der Waals surface area contributed by atoms with Gasteiger partial charge in [0, 0.05) is 16.9 Å². The Kier molecular flexibility index (Phi) is 5.91. The summed E-state index contributed by atoms with van der Waals surface area (Å²) in [5, 5.41) is 5.93. The lowest BCUT2D eigenvalue weighted by Gasteiger charge is -2.15. The van der Waals surface area contributed by atoms with E-state index in [2.05, 4.69) is 10.6 Å². The third-order valence-electron chi connectivity index (χ3n) is 4.05. The molecule has 0 saturated carbocycles. The van der Waals surface area contributed by atoms with Gasteiger partial charge in [-0.05, 0) is 67.6 Å². The summed E-state index contributed by atoms with van der Waals surface area (Å²) in [5.74, 6) is 0.761. The summed E-state index contributed by atoms with van der Waals surface area (Å²) in [6, 6.07) is 22.8. The molecule has 0 radical (unpaired) electrons. The van der Waals surface area contributed by atoms with Gasteiger partial charge in [-0.1, -0.05) is 18.2 Å². The maximum atomic E-state index is 12.4. The molecule has 28 heavy (non-hydrogen) atoms. The maximum Gasteiger partial charge on any atom is 0.248 e. The molecular formula is C22H21N3O3. The van der Waals surface area contributed by atoms with Crippen LogP contribution in [0, 0.1) is 0 Å². The molecule has 0 aromatic heterocycles. The molecule has 0 bridgehead atoms. The third kappa shape index (κ3) is 5.11. The number of anilines is 2. The van der Waals surface area contributed by atoms with Crippen LogP contribution in [0.5, 0.6) is 11.5 Å². The Hall–Kier alpha value is -3.80. The van der Waals surface area contributed by atoms with Crippen molar-refractivity contribution in [2.45, 2.75) is 13.0 Å². The van der Waals surface area contributed by atoms with Crippen LogP contribution < -0.4 is 21.1 Å². The van der Waals surface area contributed by atoms with Crippen LogP contribution in [0.3, 0.4) is 0 Å². The van der Waals surface area contributed by atoms with E-state index in [0.717, 1.165) is 11.4 Å². The minimum absolute atomic E-state index is 0.185. The number of hydrogen-bond acceptors (Lipinski definition) is 4. The smallest absolute Gasteiger partial charge is 0.248 e. The second-order valence-electron chi connectivity index (χ2n) is 6.24. The van der Waals surface area contributed by atoms with Crippen molar-refractivity contribution < 1.29 is 14.3 Å². The second kappa shape index (κ2) is 8.73. The molecule has 0 saturated heterocycles. The minimum atomic E-state index is -0.489. The average Bonchev–Trinajstić information content (AvgIpc) is 2.70. The molecule has 0 heterocycles. The normalized spacial score (nSPS) is 11.3. The molecule has 3 aromatic rings. The molecule has 0 aliphatic carbocycles. The number of carbonyl (C=O) groups is 2. The summed E-state index contributed by atoms with van der Waals surface area (Å²) >= 11 is 0. The van der Waals surface area contributed by atoms with Crippen LogP contribution in [0.2, 0.25) is 0 Å². The monoisotopic (exact) mass is 375 g/mol. The van der Waals surface area contributed by atoms with Crippen LogP contribution in [0.4, 0.5) is 11.4 Å². The summed E-state index contributed by atoms with van der Waals surface area (Å²) in [4.78, 5) is 23.5. The van der Waals surface area contributed by atoms with Crippen molar-refractivity contribution >= 4 is 23.2 Å². The van der Waals surface area contributed by atoms with Crippen molar-refractivity contribution in [2.75, 3.05) is 10.6 Å². The number of hydrogen-bond donors (Lipinski definition) is 3. The molecule has 0 spiro atoms. The van der Waals surface area contributed by atoms with Crippen LogP contribution in [-0.4, -0.2) is 17.9 Å². The molecule has 3 aromatic carbocycles. The van der Waals surface area contributed by atoms with E-state index in [1.807, 2.05) is 30.3 Å². The third-order valence-corrected chi connectivity index (χ3v) is 4.05. The highest BCUT2D eigenvalue weighted by Crippen LogP contribution is 2.22. The molecule has 6 heteroatoms. The summed E-state index contributed by atoms with van der Waals surface area (Å²) in [5.41, 5.74) is 7.03. The number of para-hydroxylation sites is 1. The quantitative estimate of drug-likeness (QED) is 0.581. The molecule has 142 valence electrons. The number of carbonyl (C=O) groups excluding carboxylic acids is 2. The highest BCUT2D eigenvalue weighted by Gasteiger charge is 2.13. The lowest BCUT2D eigenvalue weighted by molar-refractivity contribution is -0.116. The van der Waals surface area contributed by atoms with E-state index in [-0.39, 0.29) is 5.91 Å². The summed E-state index contributed by atoms with van der Waals surface area (Å²) in [7, 11) is 0. The lowest BCUT2D eigenvalue weighted by atomic mass is 10.2. The van der Waals surface area contributed by atoms with Crippen LogP contribution >= 0.6 is 0 Å². The number of rotatable bonds is 7. The van der Waals surface area contributed by atoms with E-state index >= 15 is 0 Å². The topological polar surface area (TPSA) is 93.5 Å². The summed E-state index contributed by atoms with van der Waals surface area (Å²) < 4.78 is 5.73. The van der Waals surface area contributed by atoms with Gasteiger partial charge < -0.3 is 21.1 Å². The Morgan fingerprint density at radius 3 is 2.00 bits per heavy atom. The first-order valence-electron chi connectivity index (χ1n) is 8.81. The Bertz CT molecular complexity index is 939. The average molecular weight is 375 g/mol. The predicted octanol–water partition coefficient (Wildman–Crippen LogP) is 4.02. The zero-order chi connectivity index (χ0) is 19.9. The second-order valence-corrected chi connectivity index (χ2v) is 6.24. The molecule has 3 rings (SSSR count). The minimum Gasteiger partial charge on any atom is -0.457 e. The molecule has 0 aliphatic rings. The van der Waals surface area contributed by atoms with E-state index < -0.39 is 11.9 Å². The van der Waals surface area contributed by atoms with Crippen molar-refractivity contribution in [2.24, 2.45) is 5.73 Å². The number of primary amides is 1. The summed E-state index contributed by atoms with van der Waals surface area (Å²) in [6.45, 7) is 1.75. The van der Waals surface area contributed by atoms with Crippen molar-refractivity contribution in [1.29, 1.82) is 0 Å². The van der Waals surface area contributed by atoms with Gasteiger partial charge in [0.05, 0.1) is 0 Å². The van der Waals surface area contributed by atoms with Crippen LogP contribution in [0.1, 0.15) is 17.3 Å². The first kappa shape index (κ1) is 19.0. The van der Waals surface area contributed by atoms with E-state index in [0.29, 0.717) is 17.0 Å². The van der Waals surface area contributed by atoms with Gasteiger partial charge in [-0.25, -0.2) is 0 Å². The van der Waals surface area contributed by atoms with E-state index in [1.54, 1.807) is 55.5 Å². The molecule has 1 unspecified atom stereocenters. The van der Waals surface area contributed by atoms with Gasteiger partial charge in [-0.2, -0.15) is 0 Å². The van der Waals surface area contributed by atoms with Crippen molar-refractivity contribution in [3.63, 3.8) is 0 Å². The van der Waals surface area contributed by atoms with Crippen molar-refractivity contribution in [3.05, 3.63) is 84.4 Å². The Morgan fingerprint density at radius 1 is 0.821 bits per heavy atom. The number of nitrogens with two attached hydrogens (primary N) is 1.